The molecule has 0 amide bonds. The largest absolute Gasteiger partial charge is 0.416 e. The van der Waals surface area contributed by atoms with E-state index in [0.717, 1.165) is 26.3 Å². The van der Waals surface area contributed by atoms with E-state index in [1.807, 2.05) is 12.1 Å². The van der Waals surface area contributed by atoms with Crippen LogP contribution in [0.4, 0.5) is 0 Å². The minimum absolute atomic E-state index is 0.531. The van der Waals surface area contributed by atoms with Gasteiger partial charge in [0.1, 0.15) is 0 Å². The molecule has 6 aromatic rings. The highest BCUT2D eigenvalue weighted by Gasteiger charge is 2.16. The second kappa shape index (κ2) is 8.45. The smallest absolute Gasteiger partial charge is 0.248 e. The quantitative estimate of drug-likeness (QED) is 0.167. The molecular formula is C29H19IN2O. The van der Waals surface area contributed by atoms with Crippen LogP contribution in [-0.2, 0) is 4.43 Å². The van der Waals surface area contributed by atoms with Crippen LogP contribution in [0.25, 0.3) is 55.6 Å². The Morgan fingerprint density at radius 2 is 1.15 bits per heavy atom. The molecule has 0 spiro atoms. The van der Waals surface area contributed by atoms with Gasteiger partial charge in [-0.05, 0) is 56.4 Å². The monoisotopic (exact) mass is 538 g/mol. The van der Waals surface area contributed by atoms with Crippen LogP contribution in [0.1, 0.15) is 5.56 Å². The van der Waals surface area contributed by atoms with Gasteiger partial charge in [0.15, 0.2) is 0 Å². The maximum absolute atomic E-state index is 6.13. The van der Waals surface area contributed by atoms with E-state index in [4.69, 9.17) is 4.42 Å². The van der Waals surface area contributed by atoms with Crippen molar-refractivity contribution in [2.75, 3.05) is 0 Å². The van der Waals surface area contributed by atoms with Crippen molar-refractivity contribution in [3.05, 3.63) is 109 Å². The summed E-state index contributed by atoms with van der Waals surface area (Å²) in [5, 5.41) is 13.5. The topological polar surface area (TPSA) is 38.9 Å². The lowest BCUT2D eigenvalue weighted by molar-refractivity contribution is 0.585. The van der Waals surface area contributed by atoms with E-state index in [9.17, 15) is 0 Å². The molecule has 0 N–H and O–H groups in total. The van der Waals surface area contributed by atoms with Gasteiger partial charge in [-0.2, -0.15) is 0 Å². The molecule has 0 radical (unpaired) electrons. The van der Waals surface area contributed by atoms with Crippen molar-refractivity contribution in [2.24, 2.45) is 0 Å². The van der Waals surface area contributed by atoms with Crippen LogP contribution in [0.2, 0.25) is 0 Å². The molecule has 4 heteroatoms. The third kappa shape index (κ3) is 3.60. The van der Waals surface area contributed by atoms with Gasteiger partial charge in [0.25, 0.3) is 0 Å². The third-order valence-electron chi connectivity index (χ3n) is 6.01. The molecule has 0 unspecified atom stereocenters. The lowest BCUT2D eigenvalue weighted by Crippen LogP contribution is -1.87. The molecule has 1 heterocycles. The number of hydrogen-bond acceptors (Lipinski definition) is 3. The van der Waals surface area contributed by atoms with Crippen molar-refractivity contribution in [3.8, 4) is 34.0 Å². The molecule has 1 aromatic heterocycles. The summed E-state index contributed by atoms with van der Waals surface area (Å²) in [5.41, 5.74) is 5.56. The van der Waals surface area contributed by atoms with Crippen LogP contribution in [0.5, 0.6) is 0 Å². The van der Waals surface area contributed by atoms with E-state index < -0.39 is 0 Å². The van der Waals surface area contributed by atoms with E-state index in [1.54, 1.807) is 0 Å². The zero-order valence-electron chi connectivity index (χ0n) is 17.7. The number of rotatable bonds is 4. The van der Waals surface area contributed by atoms with Crippen LogP contribution < -0.4 is 0 Å². The number of hydrogen-bond donors (Lipinski definition) is 0. The van der Waals surface area contributed by atoms with Crippen molar-refractivity contribution >= 4 is 44.1 Å². The van der Waals surface area contributed by atoms with Crippen LogP contribution >= 0.6 is 22.6 Å². The zero-order chi connectivity index (χ0) is 22.2. The summed E-state index contributed by atoms with van der Waals surface area (Å²) in [6.07, 6.45) is 0. The Kier molecular flexibility index (Phi) is 5.15. The molecule has 0 atom stereocenters. The first-order valence-corrected chi connectivity index (χ1v) is 12.3. The lowest BCUT2D eigenvalue weighted by Gasteiger charge is -2.12. The van der Waals surface area contributed by atoms with Crippen molar-refractivity contribution < 1.29 is 4.42 Å². The average Bonchev–Trinajstić information content (AvgIpc) is 3.38. The average molecular weight is 538 g/mol. The number of alkyl halides is 1. The van der Waals surface area contributed by atoms with Gasteiger partial charge in [-0.25, -0.2) is 0 Å². The van der Waals surface area contributed by atoms with Gasteiger partial charge in [0.05, 0.1) is 0 Å². The fourth-order valence-corrected chi connectivity index (χ4v) is 4.87. The Morgan fingerprint density at radius 1 is 0.545 bits per heavy atom. The normalized spacial score (nSPS) is 11.3. The number of aromatic nitrogens is 2. The second-order valence-corrected chi connectivity index (χ2v) is 8.74. The Morgan fingerprint density at radius 3 is 1.94 bits per heavy atom. The number of nitrogens with zero attached hydrogens (tertiary/aromatic N) is 2. The summed E-state index contributed by atoms with van der Waals surface area (Å²) in [6, 6.07) is 35.9. The van der Waals surface area contributed by atoms with Gasteiger partial charge in [-0.15, -0.1) is 10.2 Å². The summed E-state index contributed by atoms with van der Waals surface area (Å²) in [5.74, 6) is 1.07. The first-order valence-electron chi connectivity index (χ1n) is 10.8. The second-order valence-electron chi connectivity index (χ2n) is 7.98. The molecule has 3 nitrogen and oxygen atoms in total. The Bertz CT molecular complexity index is 1600. The minimum atomic E-state index is 0.531. The molecule has 6 rings (SSSR count). The van der Waals surface area contributed by atoms with Gasteiger partial charge in [0, 0.05) is 15.6 Å². The van der Waals surface area contributed by atoms with Crippen LogP contribution in [0.3, 0.4) is 0 Å². The summed E-state index contributed by atoms with van der Waals surface area (Å²) in [4.78, 5) is 0. The van der Waals surface area contributed by atoms with E-state index >= 15 is 0 Å². The fourth-order valence-electron chi connectivity index (χ4n) is 4.37. The summed E-state index contributed by atoms with van der Waals surface area (Å²) in [7, 11) is 0. The lowest BCUT2D eigenvalue weighted by atomic mass is 9.92. The molecule has 0 bridgehead atoms. The summed E-state index contributed by atoms with van der Waals surface area (Å²) in [6.45, 7) is 0. The van der Waals surface area contributed by atoms with Crippen LogP contribution in [-0.4, -0.2) is 10.2 Å². The molecule has 0 aliphatic carbocycles. The number of benzene rings is 5. The standard InChI is InChI=1S/C29H19IN2O/c30-18-19-12-14-21(15-13-19)28-31-32-29(33-28)27-17-16-26(24-9-3-4-10-25(24)27)23-11-5-7-20-6-1-2-8-22(20)23/h1-17H,18H2. The Labute approximate surface area is 205 Å². The molecule has 0 saturated heterocycles. The van der Waals surface area contributed by atoms with Crippen molar-refractivity contribution in [1.29, 1.82) is 0 Å². The van der Waals surface area contributed by atoms with Gasteiger partial charge >= 0.3 is 0 Å². The summed E-state index contributed by atoms with van der Waals surface area (Å²) >= 11 is 2.36. The Hall–Kier alpha value is -3.51. The predicted octanol–water partition coefficient (Wildman–Crippen LogP) is 8.31. The molecule has 0 aliphatic heterocycles. The molecular weight excluding hydrogens is 519 g/mol. The molecule has 0 aliphatic rings. The highest BCUT2D eigenvalue weighted by Crippen LogP contribution is 2.38. The van der Waals surface area contributed by atoms with Crippen molar-refractivity contribution in [1.82, 2.24) is 10.2 Å². The van der Waals surface area contributed by atoms with Crippen molar-refractivity contribution in [2.45, 2.75) is 4.43 Å². The highest BCUT2D eigenvalue weighted by atomic mass is 127. The maximum atomic E-state index is 6.13. The number of fused-ring (bicyclic) bond motifs is 2. The molecule has 33 heavy (non-hydrogen) atoms. The van der Waals surface area contributed by atoms with Gasteiger partial charge in [-0.1, -0.05) is 108 Å². The van der Waals surface area contributed by atoms with Gasteiger partial charge < -0.3 is 4.42 Å². The molecule has 5 aromatic carbocycles. The van der Waals surface area contributed by atoms with E-state index in [0.29, 0.717) is 11.8 Å². The molecule has 158 valence electrons. The Balaban J connectivity index is 1.49. The first-order chi connectivity index (χ1) is 16.3. The zero-order valence-corrected chi connectivity index (χ0v) is 19.9. The molecule has 0 saturated carbocycles. The maximum Gasteiger partial charge on any atom is 0.248 e. The minimum Gasteiger partial charge on any atom is -0.416 e. The number of halogens is 1. The first kappa shape index (κ1) is 20.1. The highest BCUT2D eigenvalue weighted by molar-refractivity contribution is 14.1. The van der Waals surface area contributed by atoms with Gasteiger partial charge in [0.2, 0.25) is 11.8 Å². The predicted molar refractivity (Wildman–Crippen MR) is 143 cm³/mol. The van der Waals surface area contributed by atoms with Crippen molar-refractivity contribution in [3.63, 3.8) is 0 Å². The van der Waals surface area contributed by atoms with Crippen LogP contribution in [0, 0.1) is 0 Å². The van der Waals surface area contributed by atoms with Crippen LogP contribution in [0.15, 0.2) is 108 Å². The van der Waals surface area contributed by atoms with E-state index in [1.165, 1.54) is 27.5 Å². The summed E-state index contributed by atoms with van der Waals surface area (Å²) < 4.78 is 7.10. The van der Waals surface area contributed by atoms with E-state index in [2.05, 4.69) is 124 Å². The van der Waals surface area contributed by atoms with Gasteiger partial charge in [-0.3, -0.25) is 0 Å². The van der Waals surface area contributed by atoms with E-state index in [-0.39, 0.29) is 0 Å². The third-order valence-corrected chi connectivity index (χ3v) is 6.90. The molecule has 0 fully saturated rings. The fraction of sp³-hybridized carbons (Fsp3) is 0.0345. The SMILES string of the molecule is ICc1ccc(-c2nnc(-c3ccc(-c4cccc5ccccc45)c4ccccc34)o2)cc1.